The minimum atomic E-state index is -0.561. The van der Waals surface area contributed by atoms with Crippen LogP contribution in [0.4, 0.5) is 5.69 Å². The van der Waals surface area contributed by atoms with E-state index in [0.29, 0.717) is 16.3 Å². The number of thiophene rings is 1. The molecule has 0 bridgehead atoms. The molecule has 3 aromatic rings. The van der Waals surface area contributed by atoms with Gasteiger partial charge in [0.1, 0.15) is 10.6 Å². The first kappa shape index (κ1) is 14.2. The van der Waals surface area contributed by atoms with E-state index in [9.17, 15) is 9.59 Å². The molecule has 0 aliphatic heterocycles. The van der Waals surface area contributed by atoms with Crippen LogP contribution in [0.25, 0.3) is 10.1 Å². The number of hydrogen-bond donors (Lipinski definition) is 2. The standard InChI is InChI=1S/C16H13N3O2S/c1-9-5-4-7-11(18-9)16(21)19-13-10-6-2-3-8-12(10)22-14(13)15(17)20/h2-8H,1H3,(H2,17,20)(H,19,21). The third-order valence-corrected chi connectivity index (χ3v) is 4.36. The van der Waals surface area contributed by atoms with E-state index in [4.69, 9.17) is 5.73 Å². The fraction of sp³-hybridized carbons (Fsp3) is 0.0625. The van der Waals surface area contributed by atoms with E-state index in [2.05, 4.69) is 10.3 Å². The van der Waals surface area contributed by atoms with Crippen molar-refractivity contribution in [2.45, 2.75) is 6.92 Å². The molecule has 0 saturated heterocycles. The van der Waals surface area contributed by atoms with Crippen molar-refractivity contribution in [3.8, 4) is 0 Å². The van der Waals surface area contributed by atoms with Crippen LogP contribution in [-0.4, -0.2) is 16.8 Å². The quantitative estimate of drug-likeness (QED) is 0.780. The lowest BCUT2D eigenvalue weighted by Gasteiger charge is -2.06. The van der Waals surface area contributed by atoms with Gasteiger partial charge in [-0.1, -0.05) is 24.3 Å². The van der Waals surface area contributed by atoms with E-state index in [1.807, 2.05) is 37.3 Å². The summed E-state index contributed by atoms with van der Waals surface area (Å²) in [5.41, 5.74) is 6.91. The van der Waals surface area contributed by atoms with Crippen molar-refractivity contribution >= 4 is 38.9 Å². The van der Waals surface area contributed by atoms with Crippen molar-refractivity contribution in [1.82, 2.24) is 4.98 Å². The Labute approximate surface area is 130 Å². The van der Waals surface area contributed by atoms with Gasteiger partial charge in [0.05, 0.1) is 5.69 Å². The average Bonchev–Trinajstić information content (AvgIpc) is 2.86. The lowest BCUT2D eigenvalue weighted by Crippen LogP contribution is -2.17. The van der Waals surface area contributed by atoms with E-state index in [1.165, 1.54) is 11.3 Å². The summed E-state index contributed by atoms with van der Waals surface area (Å²) in [7, 11) is 0. The second-order valence-electron chi connectivity index (χ2n) is 4.78. The van der Waals surface area contributed by atoms with Crippen LogP contribution in [0.3, 0.4) is 0 Å². The Morgan fingerprint density at radius 1 is 1.14 bits per heavy atom. The topological polar surface area (TPSA) is 85.1 Å². The first-order valence-corrected chi connectivity index (χ1v) is 7.44. The molecule has 3 rings (SSSR count). The van der Waals surface area contributed by atoms with Crippen LogP contribution in [-0.2, 0) is 0 Å². The molecular formula is C16H13N3O2S. The normalized spacial score (nSPS) is 10.6. The number of anilines is 1. The summed E-state index contributed by atoms with van der Waals surface area (Å²) in [6.45, 7) is 1.81. The number of carbonyl (C=O) groups excluding carboxylic acids is 2. The van der Waals surface area contributed by atoms with Gasteiger partial charge >= 0.3 is 0 Å². The van der Waals surface area contributed by atoms with Crippen molar-refractivity contribution in [3.05, 3.63) is 58.7 Å². The molecule has 0 unspecified atom stereocenters. The summed E-state index contributed by atoms with van der Waals surface area (Å²) in [4.78, 5) is 28.5. The first-order chi connectivity index (χ1) is 10.6. The van der Waals surface area contributed by atoms with Crippen molar-refractivity contribution < 1.29 is 9.59 Å². The maximum atomic E-state index is 12.4. The number of rotatable bonds is 3. The van der Waals surface area contributed by atoms with Gasteiger partial charge in [-0.25, -0.2) is 4.98 Å². The maximum Gasteiger partial charge on any atom is 0.274 e. The van der Waals surface area contributed by atoms with Gasteiger partial charge in [-0.3, -0.25) is 9.59 Å². The molecule has 6 heteroatoms. The summed E-state index contributed by atoms with van der Waals surface area (Å²) in [5.74, 6) is -0.927. The van der Waals surface area contributed by atoms with Crippen molar-refractivity contribution in [2.75, 3.05) is 5.32 Å². The lowest BCUT2D eigenvalue weighted by molar-refractivity contribution is 0.100. The van der Waals surface area contributed by atoms with Crippen LogP contribution in [0.1, 0.15) is 25.9 Å². The van der Waals surface area contributed by atoms with E-state index >= 15 is 0 Å². The number of benzene rings is 1. The molecule has 22 heavy (non-hydrogen) atoms. The van der Waals surface area contributed by atoms with Gasteiger partial charge in [0, 0.05) is 15.8 Å². The minimum absolute atomic E-state index is 0.297. The zero-order chi connectivity index (χ0) is 15.7. The minimum Gasteiger partial charge on any atom is -0.365 e. The van der Waals surface area contributed by atoms with Gasteiger partial charge in [-0.2, -0.15) is 0 Å². The Hall–Kier alpha value is -2.73. The lowest BCUT2D eigenvalue weighted by atomic mass is 10.2. The molecule has 0 spiro atoms. The molecule has 0 radical (unpaired) electrons. The number of nitrogens with two attached hydrogens (primary N) is 1. The predicted molar refractivity (Wildman–Crippen MR) is 87.3 cm³/mol. The third-order valence-electron chi connectivity index (χ3n) is 3.18. The Morgan fingerprint density at radius 3 is 2.64 bits per heavy atom. The smallest absolute Gasteiger partial charge is 0.274 e. The number of carbonyl (C=O) groups is 2. The monoisotopic (exact) mass is 311 g/mol. The van der Waals surface area contributed by atoms with Gasteiger partial charge in [-0.05, 0) is 25.1 Å². The number of hydrogen-bond acceptors (Lipinski definition) is 4. The summed E-state index contributed by atoms with van der Waals surface area (Å²) in [6.07, 6.45) is 0. The number of fused-ring (bicyclic) bond motifs is 1. The Kier molecular flexibility index (Phi) is 3.60. The van der Waals surface area contributed by atoms with Gasteiger partial charge < -0.3 is 11.1 Å². The summed E-state index contributed by atoms with van der Waals surface area (Å²) in [5, 5.41) is 3.56. The van der Waals surface area contributed by atoms with Crippen LogP contribution >= 0.6 is 11.3 Å². The van der Waals surface area contributed by atoms with Crippen molar-refractivity contribution in [2.24, 2.45) is 5.73 Å². The molecule has 2 aromatic heterocycles. The fourth-order valence-corrected chi connectivity index (χ4v) is 3.20. The number of amides is 2. The number of nitrogens with one attached hydrogen (secondary N) is 1. The van der Waals surface area contributed by atoms with E-state index in [0.717, 1.165) is 15.8 Å². The highest BCUT2D eigenvalue weighted by atomic mass is 32.1. The molecular weight excluding hydrogens is 298 g/mol. The van der Waals surface area contributed by atoms with Gasteiger partial charge in [0.25, 0.3) is 11.8 Å². The SMILES string of the molecule is Cc1cccc(C(=O)Nc2c(C(N)=O)sc3ccccc23)n1. The molecule has 5 nitrogen and oxygen atoms in total. The van der Waals surface area contributed by atoms with Crippen LogP contribution in [0.15, 0.2) is 42.5 Å². The second kappa shape index (κ2) is 5.57. The third kappa shape index (κ3) is 2.56. The molecule has 0 aliphatic rings. The number of aryl methyl sites for hydroxylation is 1. The molecule has 2 amide bonds. The van der Waals surface area contributed by atoms with Crippen molar-refractivity contribution in [3.63, 3.8) is 0 Å². The molecule has 0 fully saturated rings. The zero-order valence-corrected chi connectivity index (χ0v) is 12.6. The Morgan fingerprint density at radius 2 is 1.91 bits per heavy atom. The largest absolute Gasteiger partial charge is 0.365 e. The molecule has 110 valence electrons. The average molecular weight is 311 g/mol. The highest BCUT2D eigenvalue weighted by Crippen LogP contribution is 2.35. The van der Waals surface area contributed by atoms with Crippen LogP contribution in [0.5, 0.6) is 0 Å². The van der Waals surface area contributed by atoms with E-state index < -0.39 is 5.91 Å². The van der Waals surface area contributed by atoms with Gasteiger partial charge in [-0.15, -0.1) is 11.3 Å². The maximum absolute atomic E-state index is 12.4. The number of aromatic nitrogens is 1. The molecule has 0 saturated carbocycles. The Bertz CT molecular complexity index is 886. The number of pyridine rings is 1. The number of primary amides is 1. The van der Waals surface area contributed by atoms with Crippen LogP contribution in [0.2, 0.25) is 0 Å². The molecule has 1 aromatic carbocycles. The van der Waals surface area contributed by atoms with E-state index in [-0.39, 0.29) is 5.91 Å². The first-order valence-electron chi connectivity index (χ1n) is 6.62. The van der Waals surface area contributed by atoms with Crippen molar-refractivity contribution in [1.29, 1.82) is 0 Å². The highest BCUT2D eigenvalue weighted by molar-refractivity contribution is 7.21. The van der Waals surface area contributed by atoms with Crippen LogP contribution < -0.4 is 11.1 Å². The summed E-state index contributed by atoms with van der Waals surface area (Å²) < 4.78 is 0.892. The predicted octanol–water partition coefficient (Wildman–Crippen LogP) is 2.96. The van der Waals surface area contributed by atoms with Gasteiger partial charge in [0.2, 0.25) is 0 Å². The van der Waals surface area contributed by atoms with E-state index in [1.54, 1.807) is 12.1 Å². The summed E-state index contributed by atoms with van der Waals surface area (Å²) in [6, 6.07) is 12.6. The van der Waals surface area contributed by atoms with Crippen LogP contribution in [0, 0.1) is 6.92 Å². The fourth-order valence-electron chi connectivity index (χ4n) is 2.19. The molecule has 0 aliphatic carbocycles. The number of nitrogens with zero attached hydrogens (tertiary/aromatic N) is 1. The molecule has 0 atom stereocenters. The second-order valence-corrected chi connectivity index (χ2v) is 5.84. The molecule has 3 N–H and O–H groups in total. The zero-order valence-electron chi connectivity index (χ0n) is 11.8. The Balaban J connectivity index is 2.04. The molecule has 2 heterocycles. The highest BCUT2D eigenvalue weighted by Gasteiger charge is 2.19. The summed E-state index contributed by atoms with van der Waals surface area (Å²) >= 11 is 1.26. The van der Waals surface area contributed by atoms with Gasteiger partial charge in [0.15, 0.2) is 0 Å².